The molecule has 0 aromatic heterocycles. The van der Waals surface area contributed by atoms with Crippen molar-refractivity contribution in [3.05, 3.63) is 52.5 Å². The van der Waals surface area contributed by atoms with Crippen molar-refractivity contribution in [2.24, 2.45) is 0 Å². The Morgan fingerprint density at radius 1 is 1.17 bits per heavy atom. The van der Waals surface area contributed by atoms with Gasteiger partial charge in [0.1, 0.15) is 11.5 Å². The van der Waals surface area contributed by atoms with Crippen LogP contribution in [0.4, 0.5) is 5.69 Å². The Morgan fingerprint density at radius 2 is 1.83 bits per heavy atom. The Bertz CT molecular complexity index is 745. The van der Waals surface area contributed by atoms with Gasteiger partial charge in [-0.1, -0.05) is 11.6 Å². The number of hydrogen-bond donors (Lipinski definition) is 2. The second-order valence-corrected chi connectivity index (χ2v) is 5.72. The molecular weight excluding hydrogens is 318 g/mol. The summed E-state index contributed by atoms with van der Waals surface area (Å²) in [6.07, 6.45) is -2.19. The Morgan fingerprint density at radius 3 is 2.48 bits per heavy atom. The summed E-state index contributed by atoms with van der Waals surface area (Å²) in [5.74, 6) is 0.863. The number of halogens is 1. The number of aliphatic hydroxyl groups excluding tert-OH is 1. The van der Waals surface area contributed by atoms with E-state index in [1.165, 1.54) is 0 Å². The van der Waals surface area contributed by atoms with E-state index < -0.39 is 12.3 Å². The largest absolute Gasteiger partial charge is 0.497 e. The number of methoxy groups -OCH3 is 1. The second kappa shape index (κ2) is 6.10. The van der Waals surface area contributed by atoms with E-state index in [-0.39, 0.29) is 5.78 Å². The third kappa shape index (κ3) is 2.98. The fourth-order valence-electron chi connectivity index (χ4n) is 2.46. The van der Waals surface area contributed by atoms with E-state index in [4.69, 9.17) is 21.1 Å². The maximum Gasteiger partial charge on any atom is 0.210 e. The first-order chi connectivity index (χ1) is 11.0. The first-order valence-electron chi connectivity index (χ1n) is 7.09. The SMILES string of the molecule is COc1ccc(OC2C(=O)c3cc(C)c(Cl)cc3NC2O)cc1. The molecule has 1 aliphatic rings. The number of anilines is 1. The molecule has 6 heteroatoms. The van der Waals surface area contributed by atoms with E-state index in [0.717, 1.165) is 5.56 Å². The lowest BCUT2D eigenvalue weighted by molar-refractivity contribution is 0.0400. The number of carbonyl (C=O) groups is 1. The van der Waals surface area contributed by atoms with Crippen LogP contribution in [-0.4, -0.2) is 30.3 Å². The highest BCUT2D eigenvalue weighted by molar-refractivity contribution is 6.32. The van der Waals surface area contributed by atoms with Gasteiger partial charge in [0.15, 0.2) is 6.23 Å². The maximum atomic E-state index is 12.6. The van der Waals surface area contributed by atoms with Gasteiger partial charge in [-0.2, -0.15) is 0 Å². The van der Waals surface area contributed by atoms with Crippen LogP contribution in [0.25, 0.3) is 0 Å². The number of Topliss-reactive ketones (excluding diaryl/α,β-unsaturated/α-hetero) is 1. The summed E-state index contributed by atoms with van der Waals surface area (Å²) in [5.41, 5.74) is 1.75. The van der Waals surface area contributed by atoms with Gasteiger partial charge in [-0.05, 0) is 48.9 Å². The van der Waals surface area contributed by atoms with Crippen LogP contribution in [0.15, 0.2) is 36.4 Å². The average Bonchev–Trinajstić information content (AvgIpc) is 2.54. The van der Waals surface area contributed by atoms with Crippen molar-refractivity contribution in [1.82, 2.24) is 0 Å². The van der Waals surface area contributed by atoms with Gasteiger partial charge < -0.3 is 19.9 Å². The molecule has 0 radical (unpaired) electrons. The van der Waals surface area contributed by atoms with Crippen LogP contribution < -0.4 is 14.8 Å². The number of rotatable bonds is 3. The van der Waals surface area contributed by atoms with Gasteiger partial charge in [-0.25, -0.2) is 0 Å². The van der Waals surface area contributed by atoms with E-state index in [9.17, 15) is 9.90 Å². The Balaban J connectivity index is 1.87. The molecule has 0 fully saturated rings. The number of fused-ring (bicyclic) bond motifs is 1. The number of benzene rings is 2. The van der Waals surface area contributed by atoms with Gasteiger partial charge in [-0.15, -0.1) is 0 Å². The summed E-state index contributed by atoms with van der Waals surface area (Å²) in [5, 5.41) is 13.6. The van der Waals surface area contributed by atoms with Gasteiger partial charge in [0.25, 0.3) is 0 Å². The predicted molar refractivity (Wildman–Crippen MR) is 87.6 cm³/mol. The molecule has 2 aromatic carbocycles. The quantitative estimate of drug-likeness (QED) is 0.903. The van der Waals surface area contributed by atoms with E-state index >= 15 is 0 Å². The van der Waals surface area contributed by atoms with Gasteiger partial charge in [0, 0.05) is 16.3 Å². The van der Waals surface area contributed by atoms with Crippen molar-refractivity contribution >= 4 is 23.1 Å². The lowest BCUT2D eigenvalue weighted by Crippen LogP contribution is -2.47. The average molecular weight is 334 g/mol. The van der Waals surface area contributed by atoms with Gasteiger partial charge in [0.2, 0.25) is 11.9 Å². The van der Waals surface area contributed by atoms with Crippen LogP contribution in [0.5, 0.6) is 11.5 Å². The van der Waals surface area contributed by atoms with Crippen molar-refractivity contribution < 1.29 is 19.4 Å². The lowest BCUT2D eigenvalue weighted by atomic mass is 9.96. The molecule has 2 atom stereocenters. The van der Waals surface area contributed by atoms with Crippen molar-refractivity contribution in [2.75, 3.05) is 12.4 Å². The molecule has 0 aliphatic carbocycles. The molecule has 1 heterocycles. The zero-order chi connectivity index (χ0) is 16.6. The molecule has 2 unspecified atom stereocenters. The molecule has 120 valence electrons. The van der Waals surface area contributed by atoms with Gasteiger partial charge >= 0.3 is 0 Å². The lowest BCUT2D eigenvalue weighted by Gasteiger charge is -2.30. The minimum atomic E-state index is -1.16. The molecule has 0 saturated heterocycles. The number of ether oxygens (including phenoxy) is 2. The number of ketones is 1. The van der Waals surface area contributed by atoms with E-state index in [1.807, 2.05) is 6.92 Å². The van der Waals surface area contributed by atoms with Crippen molar-refractivity contribution in [3.8, 4) is 11.5 Å². The third-order valence-corrected chi connectivity index (χ3v) is 4.14. The zero-order valence-electron chi connectivity index (χ0n) is 12.7. The summed E-state index contributed by atoms with van der Waals surface area (Å²) < 4.78 is 10.7. The van der Waals surface area contributed by atoms with Crippen molar-refractivity contribution in [3.63, 3.8) is 0 Å². The number of aliphatic hydroxyl groups is 1. The Labute approximate surface area is 138 Å². The van der Waals surface area contributed by atoms with E-state index in [2.05, 4.69) is 5.32 Å². The molecule has 0 amide bonds. The fourth-order valence-corrected chi connectivity index (χ4v) is 2.62. The normalized spacial score (nSPS) is 19.7. The third-order valence-electron chi connectivity index (χ3n) is 3.74. The topological polar surface area (TPSA) is 67.8 Å². The van der Waals surface area contributed by atoms with E-state index in [1.54, 1.807) is 43.5 Å². The molecule has 0 saturated carbocycles. The first kappa shape index (κ1) is 15.6. The summed E-state index contributed by atoms with van der Waals surface area (Å²) >= 11 is 6.06. The highest BCUT2D eigenvalue weighted by atomic mass is 35.5. The number of nitrogens with one attached hydrogen (secondary N) is 1. The minimum absolute atomic E-state index is 0.290. The monoisotopic (exact) mass is 333 g/mol. The summed E-state index contributed by atoms with van der Waals surface area (Å²) in [6.45, 7) is 1.82. The van der Waals surface area contributed by atoms with Gasteiger partial charge in [-0.3, -0.25) is 4.79 Å². The summed E-state index contributed by atoms with van der Waals surface area (Å²) in [4.78, 5) is 12.6. The minimum Gasteiger partial charge on any atom is -0.497 e. The van der Waals surface area contributed by atoms with Crippen LogP contribution in [0.3, 0.4) is 0 Å². The molecule has 1 aliphatic heterocycles. The highest BCUT2D eigenvalue weighted by Gasteiger charge is 2.36. The smallest absolute Gasteiger partial charge is 0.210 e. The molecule has 0 bridgehead atoms. The van der Waals surface area contributed by atoms with Gasteiger partial charge in [0.05, 0.1) is 7.11 Å². The molecular formula is C17H16ClNO4. The Kier molecular flexibility index (Phi) is 4.15. The first-order valence-corrected chi connectivity index (χ1v) is 7.47. The second-order valence-electron chi connectivity index (χ2n) is 5.31. The number of carbonyl (C=O) groups excluding carboxylic acids is 1. The predicted octanol–water partition coefficient (Wildman–Crippen LogP) is 3.03. The summed E-state index contributed by atoms with van der Waals surface area (Å²) in [7, 11) is 1.57. The zero-order valence-corrected chi connectivity index (χ0v) is 13.4. The van der Waals surface area contributed by atoms with Crippen LogP contribution in [0, 0.1) is 6.92 Å². The van der Waals surface area contributed by atoms with Crippen molar-refractivity contribution in [1.29, 1.82) is 0 Å². The molecule has 3 rings (SSSR count). The summed E-state index contributed by atoms with van der Waals surface area (Å²) in [6, 6.07) is 10.1. The Hall–Kier alpha value is -2.24. The fraction of sp³-hybridized carbons (Fsp3) is 0.235. The van der Waals surface area contributed by atoms with Crippen LogP contribution in [0.1, 0.15) is 15.9 Å². The highest BCUT2D eigenvalue weighted by Crippen LogP contribution is 2.31. The van der Waals surface area contributed by atoms with Crippen LogP contribution in [0.2, 0.25) is 5.02 Å². The maximum absolute atomic E-state index is 12.6. The van der Waals surface area contributed by atoms with Crippen LogP contribution >= 0.6 is 11.6 Å². The van der Waals surface area contributed by atoms with Crippen LogP contribution in [-0.2, 0) is 0 Å². The number of hydrogen-bond acceptors (Lipinski definition) is 5. The molecule has 2 N–H and O–H groups in total. The molecule has 0 spiro atoms. The molecule has 2 aromatic rings. The van der Waals surface area contributed by atoms with E-state index in [0.29, 0.717) is 27.8 Å². The van der Waals surface area contributed by atoms with Crippen molar-refractivity contribution in [2.45, 2.75) is 19.3 Å². The molecule has 23 heavy (non-hydrogen) atoms. The molecule has 5 nitrogen and oxygen atoms in total. The number of aryl methyl sites for hydroxylation is 1. The standard InChI is InChI=1S/C17H16ClNO4/c1-9-7-12-14(8-13(9)18)19-17(21)16(15(12)20)23-11-5-3-10(22-2)4-6-11/h3-8,16-17,19,21H,1-2H3.